The highest BCUT2D eigenvalue weighted by Gasteiger charge is 2.30. The Balaban J connectivity index is 1.49. The maximum Gasteiger partial charge on any atom is 0.348 e. The molecular formula is C20H19NO2S2. The van der Waals surface area contributed by atoms with Gasteiger partial charge in [0.25, 0.3) is 0 Å². The Hall–Kier alpha value is -1.95. The molecule has 3 nitrogen and oxygen atoms in total. The van der Waals surface area contributed by atoms with Crippen molar-refractivity contribution in [3.05, 3.63) is 70.4 Å². The van der Waals surface area contributed by atoms with Crippen LogP contribution in [0.4, 0.5) is 0 Å². The van der Waals surface area contributed by atoms with E-state index in [1.807, 2.05) is 41.8 Å². The number of benzene rings is 1. The van der Waals surface area contributed by atoms with Crippen LogP contribution in [-0.2, 0) is 4.74 Å². The van der Waals surface area contributed by atoms with Gasteiger partial charge in [0.05, 0.1) is 0 Å². The molecule has 5 heteroatoms. The Bertz CT molecular complexity index is 827. The molecule has 0 amide bonds. The number of thiophene rings is 2. The third-order valence-corrected chi connectivity index (χ3v) is 6.61. The minimum atomic E-state index is -0.220. The summed E-state index contributed by atoms with van der Waals surface area (Å²) in [7, 11) is 0. The monoisotopic (exact) mass is 369 g/mol. The van der Waals surface area contributed by atoms with Crippen LogP contribution in [0.2, 0.25) is 0 Å². The van der Waals surface area contributed by atoms with E-state index < -0.39 is 0 Å². The van der Waals surface area contributed by atoms with Gasteiger partial charge in [-0.3, -0.25) is 0 Å². The summed E-state index contributed by atoms with van der Waals surface area (Å²) in [6.45, 7) is 1.66. The number of hydrogen-bond acceptors (Lipinski definition) is 5. The Morgan fingerprint density at radius 1 is 1.04 bits per heavy atom. The lowest BCUT2D eigenvalue weighted by atomic mass is 9.88. The van der Waals surface area contributed by atoms with Gasteiger partial charge in [0.1, 0.15) is 11.0 Å². The van der Waals surface area contributed by atoms with E-state index in [0.29, 0.717) is 11.4 Å². The number of hydrogen-bond donors (Lipinski definition) is 1. The van der Waals surface area contributed by atoms with Crippen molar-refractivity contribution in [3.63, 3.8) is 0 Å². The molecule has 0 spiro atoms. The molecule has 2 atom stereocenters. The Morgan fingerprint density at radius 3 is 2.72 bits per heavy atom. The topological polar surface area (TPSA) is 38.3 Å². The lowest BCUT2D eigenvalue weighted by Crippen LogP contribution is -2.42. The van der Waals surface area contributed by atoms with Gasteiger partial charge in [0, 0.05) is 22.2 Å². The summed E-state index contributed by atoms with van der Waals surface area (Å²) in [5.41, 5.74) is 1.24. The number of carbonyl (C=O) groups is 1. The fourth-order valence-electron chi connectivity index (χ4n) is 3.23. The van der Waals surface area contributed by atoms with Crippen LogP contribution in [0, 0.1) is 0 Å². The first-order chi connectivity index (χ1) is 12.3. The van der Waals surface area contributed by atoms with Crippen LogP contribution in [0.25, 0.3) is 9.75 Å². The van der Waals surface area contributed by atoms with Crippen LogP contribution in [0.1, 0.15) is 27.6 Å². The average Bonchev–Trinajstić information content (AvgIpc) is 3.34. The molecule has 1 aliphatic heterocycles. The lowest BCUT2D eigenvalue weighted by Gasteiger charge is -2.32. The molecule has 0 unspecified atom stereocenters. The van der Waals surface area contributed by atoms with Gasteiger partial charge in [0.15, 0.2) is 0 Å². The molecule has 2 aromatic heterocycles. The SMILES string of the molecule is O=C(O[C@H]1CNCC[C@@H]1c1ccccc1)c1ccc(-c2cccs2)s1. The Morgan fingerprint density at radius 2 is 1.92 bits per heavy atom. The molecule has 1 saturated heterocycles. The van der Waals surface area contributed by atoms with Crippen molar-refractivity contribution < 1.29 is 9.53 Å². The zero-order chi connectivity index (χ0) is 17.1. The van der Waals surface area contributed by atoms with E-state index in [2.05, 4.69) is 23.5 Å². The van der Waals surface area contributed by atoms with Gasteiger partial charge >= 0.3 is 5.97 Å². The van der Waals surface area contributed by atoms with Gasteiger partial charge in [-0.25, -0.2) is 4.79 Å². The molecule has 1 fully saturated rings. The van der Waals surface area contributed by atoms with Gasteiger partial charge in [0.2, 0.25) is 0 Å². The summed E-state index contributed by atoms with van der Waals surface area (Å²) < 4.78 is 5.89. The standard InChI is InChI=1S/C20H19NO2S2/c22-20(19-9-8-18(25-19)17-7-4-12-24-17)23-16-13-21-11-10-15(16)14-5-2-1-3-6-14/h1-9,12,15-16,21H,10-11,13H2/t15-,16+/m1/s1. The second-order valence-corrected chi connectivity index (χ2v) is 8.13. The predicted octanol–water partition coefficient (Wildman–Crippen LogP) is 4.78. The Kier molecular flexibility index (Phi) is 4.97. The highest BCUT2D eigenvalue weighted by atomic mass is 32.1. The molecule has 1 N–H and O–H groups in total. The largest absolute Gasteiger partial charge is 0.456 e. The first kappa shape index (κ1) is 16.5. The summed E-state index contributed by atoms with van der Waals surface area (Å²) in [5, 5.41) is 5.39. The van der Waals surface area contributed by atoms with E-state index in [0.717, 1.165) is 17.8 Å². The summed E-state index contributed by atoms with van der Waals surface area (Å²) in [6.07, 6.45) is 0.850. The van der Waals surface area contributed by atoms with Gasteiger partial charge in [-0.1, -0.05) is 36.4 Å². The summed E-state index contributed by atoms with van der Waals surface area (Å²) in [6, 6.07) is 18.3. The van der Waals surface area contributed by atoms with Gasteiger partial charge in [-0.15, -0.1) is 22.7 Å². The van der Waals surface area contributed by atoms with E-state index in [-0.39, 0.29) is 18.0 Å². The molecule has 1 aliphatic rings. The highest BCUT2D eigenvalue weighted by molar-refractivity contribution is 7.22. The molecule has 0 saturated carbocycles. The normalized spacial score (nSPS) is 20.3. The van der Waals surface area contributed by atoms with E-state index in [1.54, 1.807) is 11.3 Å². The molecule has 0 radical (unpaired) electrons. The van der Waals surface area contributed by atoms with Crippen LogP contribution >= 0.6 is 22.7 Å². The van der Waals surface area contributed by atoms with Crippen molar-refractivity contribution in [2.75, 3.05) is 13.1 Å². The van der Waals surface area contributed by atoms with Gasteiger partial charge in [-0.05, 0) is 42.1 Å². The summed E-state index contributed by atoms with van der Waals surface area (Å²) >= 11 is 3.18. The molecule has 3 heterocycles. The van der Waals surface area contributed by atoms with E-state index >= 15 is 0 Å². The van der Waals surface area contributed by atoms with Crippen LogP contribution < -0.4 is 5.32 Å². The molecule has 0 aliphatic carbocycles. The Labute approximate surface area is 155 Å². The number of ether oxygens (including phenoxy) is 1. The number of esters is 1. The average molecular weight is 370 g/mol. The minimum Gasteiger partial charge on any atom is -0.456 e. The molecule has 0 bridgehead atoms. The second kappa shape index (κ2) is 7.52. The van der Waals surface area contributed by atoms with Crippen LogP contribution in [0.5, 0.6) is 0 Å². The zero-order valence-electron chi connectivity index (χ0n) is 13.7. The number of rotatable bonds is 4. The van der Waals surface area contributed by atoms with Crippen molar-refractivity contribution >= 4 is 28.6 Å². The van der Waals surface area contributed by atoms with E-state index in [1.165, 1.54) is 21.8 Å². The first-order valence-electron chi connectivity index (χ1n) is 8.41. The minimum absolute atomic E-state index is 0.129. The van der Waals surface area contributed by atoms with Crippen LogP contribution in [-0.4, -0.2) is 25.2 Å². The number of piperidine rings is 1. The van der Waals surface area contributed by atoms with E-state index in [9.17, 15) is 4.79 Å². The molecule has 3 aromatic rings. The quantitative estimate of drug-likeness (QED) is 0.673. The number of carbonyl (C=O) groups excluding carboxylic acids is 1. The van der Waals surface area contributed by atoms with Crippen molar-refractivity contribution in [3.8, 4) is 9.75 Å². The smallest absolute Gasteiger partial charge is 0.348 e. The third-order valence-electron chi connectivity index (χ3n) is 4.48. The summed E-state index contributed by atoms with van der Waals surface area (Å²) in [5.74, 6) is 0.0329. The molecule has 128 valence electrons. The van der Waals surface area contributed by atoms with Gasteiger partial charge in [-0.2, -0.15) is 0 Å². The predicted molar refractivity (Wildman–Crippen MR) is 104 cm³/mol. The number of nitrogens with one attached hydrogen (secondary N) is 1. The maximum absolute atomic E-state index is 12.6. The maximum atomic E-state index is 12.6. The first-order valence-corrected chi connectivity index (χ1v) is 10.1. The third kappa shape index (κ3) is 3.68. The van der Waals surface area contributed by atoms with Crippen LogP contribution in [0.15, 0.2) is 60.0 Å². The highest BCUT2D eigenvalue weighted by Crippen LogP contribution is 2.33. The van der Waals surface area contributed by atoms with Crippen molar-refractivity contribution in [2.24, 2.45) is 0 Å². The van der Waals surface area contributed by atoms with Crippen molar-refractivity contribution in [2.45, 2.75) is 18.4 Å². The van der Waals surface area contributed by atoms with E-state index in [4.69, 9.17) is 4.74 Å². The second-order valence-electron chi connectivity index (χ2n) is 6.09. The van der Waals surface area contributed by atoms with Gasteiger partial charge < -0.3 is 10.1 Å². The fourth-order valence-corrected chi connectivity index (χ4v) is 4.95. The summed E-state index contributed by atoms with van der Waals surface area (Å²) in [4.78, 5) is 15.6. The molecule has 4 rings (SSSR count). The molecular weight excluding hydrogens is 350 g/mol. The molecule has 1 aromatic carbocycles. The lowest BCUT2D eigenvalue weighted by molar-refractivity contribution is 0.0188. The van der Waals surface area contributed by atoms with Crippen LogP contribution in [0.3, 0.4) is 0 Å². The zero-order valence-corrected chi connectivity index (χ0v) is 15.3. The molecule has 25 heavy (non-hydrogen) atoms. The fraction of sp³-hybridized carbons (Fsp3) is 0.250. The van der Waals surface area contributed by atoms with Crippen molar-refractivity contribution in [1.29, 1.82) is 0 Å². The van der Waals surface area contributed by atoms with Crippen molar-refractivity contribution in [1.82, 2.24) is 5.32 Å².